The molecule has 4 rings (SSSR count). The van der Waals surface area contributed by atoms with Gasteiger partial charge in [0.15, 0.2) is 9.84 Å². The second kappa shape index (κ2) is 5.99. The largest absolute Gasteiger partial charge is 0.507 e. The molecule has 2 unspecified atom stereocenters. The van der Waals surface area contributed by atoms with Crippen LogP contribution in [0.25, 0.3) is 0 Å². The summed E-state index contributed by atoms with van der Waals surface area (Å²) in [6, 6.07) is 4.56. The smallest absolute Gasteiger partial charge is 0.257 e. The first-order chi connectivity index (χ1) is 11.8. The van der Waals surface area contributed by atoms with Gasteiger partial charge in [0.2, 0.25) is 0 Å². The van der Waals surface area contributed by atoms with E-state index in [0.717, 1.165) is 12.1 Å². The van der Waals surface area contributed by atoms with Crippen LogP contribution < -0.4 is 0 Å². The molecule has 2 heterocycles. The summed E-state index contributed by atoms with van der Waals surface area (Å²) in [6.45, 7) is 4.00. The molecule has 1 aromatic rings. The summed E-state index contributed by atoms with van der Waals surface area (Å²) in [5.74, 6) is 0.538. The topological polar surface area (TPSA) is 77.9 Å². The Labute approximate surface area is 148 Å². The van der Waals surface area contributed by atoms with E-state index >= 15 is 0 Å². The van der Waals surface area contributed by atoms with Gasteiger partial charge in [-0.15, -0.1) is 0 Å². The number of aryl methyl sites for hydroxylation is 1. The van der Waals surface area contributed by atoms with Gasteiger partial charge in [0, 0.05) is 25.7 Å². The fraction of sp³-hybridized carbons (Fsp3) is 0.611. The molecular weight excluding hydrogens is 340 g/mol. The first-order valence-electron chi connectivity index (χ1n) is 8.89. The van der Waals surface area contributed by atoms with Gasteiger partial charge in [0.05, 0.1) is 23.1 Å². The Morgan fingerprint density at radius 3 is 2.60 bits per heavy atom. The number of sulfone groups is 1. The molecule has 0 radical (unpaired) electrons. The van der Waals surface area contributed by atoms with E-state index in [-0.39, 0.29) is 40.8 Å². The van der Waals surface area contributed by atoms with Crippen LogP contribution >= 0.6 is 0 Å². The maximum atomic E-state index is 13.0. The van der Waals surface area contributed by atoms with E-state index in [4.69, 9.17) is 0 Å². The summed E-state index contributed by atoms with van der Waals surface area (Å²) in [5.41, 5.74) is 1.13. The lowest BCUT2D eigenvalue weighted by Gasteiger charge is -2.44. The van der Waals surface area contributed by atoms with E-state index in [1.54, 1.807) is 23.1 Å². The molecule has 1 amide bonds. The lowest BCUT2D eigenvalue weighted by molar-refractivity contribution is 0.0316. The van der Waals surface area contributed by atoms with Gasteiger partial charge in [-0.2, -0.15) is 0 Å². The van der Waals surface area contributed by atoms with Crippen molar-refractivity contribution in [1.82, 2.24) is 9.80 Å². The van der Waals surface area contributed by atoms with E-state index in [0.29, 0.717) is 19.0 Å². The van der Waals surface area contributed by atoms with Crippen molar-refractivity contribution in [3.63, 3.8) is 0 Å². The average Bonchev–Trinajstić information content (AvgIpc) is 3.27. The van der Waals surface area contributed by atoms with Gasteiger partial charge < -0.3 is 10.0 Å². The lowest BCUT2D eigenvalue weighted by atomic mass is 10.0. The van der Waals surface area contributed by atoms with E-state index < -0.39 is 9.84 Å². The van der Waals surface area contributed by atoms with Crippen LogP contribution in [0, 0.1) is 12.8 Å². The van der Waals surface area contributed by atoms with Crippen LogP contribution in [0.3, 0.4) is 0 Å². The number of amides is 1. The van der Waals surface area contributed by atoms with Crippen LogP contribution in [0.5, 0.6) is 5.75 Å². The molecule has 1 aromatic carbocycles. The molecule has 1 aliphatic carbocycles. The number of fused-ring (bicyclic) bond motifs is 1. The molecule has 136 valence electrons. The maximum absolute atomic E-state index is 13.0. The Morgan fingerprint density at radius 1 is 1.20 bits per heavy atom. The number of nitrogens with zero attached hydrogens (tertiary/aromatic N) is 2. The number of carbonyl (C=O) groups is 1. The molecule has 3 fully saturated rings. The van der Waals surface area contributed by atoms with Crippen molar-refractivity contribution in [2.75, 3.05) is 31.1 Å². The van der Waals surface area contributed by atoms with Crippen LogP contribution in [0.2, 0.25) is 0 Å². The third-order valence-electron chi connectivity index (χ3n) is 5.63. The minimum atomic E-state index is -3.14. The van der Waals surface area contributed by atoms with Crippen molar-refractivity contribution < 1.29 is 18.3 Å². The summed E-state index contributed by atoms with van der Waals surface area (Å²) < 4.78 is 24.5. The number of aromatic hydroxyl groups is 1. The van der Waals surface area contributed by atoms with Gasteiger partial charge in [0.25, 0.3) is 5.91 Å². The molecule has 3 aliphatic rings. The molecule has 25 heavy (non-hydrogen) atoms. The van der Waals surface area contributed by atoms with E-state index in [9.17, 15) is 18.3 Å². The summed E-state index contributed by atoms with van der Waals surface area (Å²) >= 11 is 0. The molecule has 1 N–H and O–H groups in total. The highest BCUT2D eigenvalue weighted by molar-refractivity contribution is 7.91. The molecule has 0 spiro atoms. The fourth-order valence-corrected chi connectivity index (χ4v) is 6.12. The lowest BCUT2D eigenvalue weighted by Crippen LogP contribution is -2.60. The summed E-state index contributed by atoms with van der Waals surface area (Å²) in [6.07, 6.45) is 2.45. The van der Waals surface area contributed by atoms with E-state index in [1.807, 2.05) is 6.92 Å². The predicted molar refractivity (Wildman–Crippen MR) is 94.4 cm³/mol. The number of benzene rings is 1. The highest BCUT2D eigenvalue weighted by Gasteiger charge is 2.49. The zero-order valence-corrected chi connectivity index (χ0v) is 15.2. The Hall–Kier alpha value is -1.60. The van der Waals surface area contributed by atoms with Crippen LogP contribution in [-0.4, -0.2) is 72.5 Å². The van der Waals surface area contributed by atoms with Crippen LogP contribution in [0.15, 0.2) is 18.2 Å². The van der Waals surface area contributed by atoms with Crippen LogP contribution in [0.1, 0.15) is 28.8 Å². The predicted octanol–water partition coefficient (Wildman–Crippen LogP) is 1.03. The second-order valence-electron chi connectivity index (χ2n) is 7.67. The van der Waals surface area contributed by atoms with Gasteiger partial charge in [-0.25, -0.2) is 8.42 Å². The third-order valence-corrected chi connectivity index (χ3v) is 7.32. The zero-order chi connectivity index (χ0) is 17.8. The quantitative estimate of drug-likeness (QED) is 0.867. The highest BCUT2D eigenvalue weighted by atomic mass is 32.2. The number of hydrogen-bond donors (Lipinski definition) is 1. The first kappa shape index (κ1) is 16.8. The number of piperazine rings is 1. The normalized spacial score (nSPS) is 28.8. The fourth-order valence-electron chi connectivity index (χ4n) is 4.11. The van der Waals surface area contributed by atoms with E-state index in [1.165, 1.54) is 12.8 Å². The van der Waals surface area contributed by atoms with Gasteiger partial charge in [-0.1, -0.05) is 6.07 Å². The van der Waals surface area contributed by atoms with Crippen molar-refractivity contribution in [2.24, 2.45) is 5.92 Å². The minimum Gasteiger partial charge on any atom is -0.507 e. The number of phenols is 1. The monoisotopic (exact) mass is 364 g/mol. The Kier molecular flexibility index (Phi) is 4.03. The average molecular weight is 364 g/mol. The van der Waals surface area contributed by atoms with Gasteiger partial charge >= 0.3 is 0 Å². The molecular formula is C18H24N2O4S. The van der Waals surface area contributed by atoms with Gasteiger partial charge in [-0.3, -0.25) is 9.69 Å². The third kappa shape index (κ3) is 3.27. The Bertz CT molecular complexity index is 803. The molecule has 0 aromatic heterocycles. The molecule has 2 aliphatic heterocycles. The summed E-state index contributed by atoms with van der Waals surface area (Å²) in [4.78, 5) is 16.9. The Balaban J connectivity index is 1.60. The molecule has 2 atom stereocenters. The van der Waals surface area contributed by atoms with Crippen molar-refractivity contribution in [3.05, 3.63) is 29.3 Å². The van der Waals surface area contributed by atoms with E-state index in [2.05, 4.69) is 4.90 Å². The second-order valence-corrected chi connectivity index (χ2v) is 9.82. The molecule has 7 heteroatoms. The highest BCUT2D eigenvalue weighted by Crippen LogP contribution is 2.35. The SMILES string of the molecule is Cc1ccc(C(=O)N2CCN(CC3CC3)C3CS(=O)(=O)CC32)c(O)c1. The number of phenolic OH excluding ortho intramolecular Hbond substituents is 1. The number of rotatable bonds is 3. The van der Waals surface area contributed by atoms with Crippen molar-refractivity contribution in [2.45, 2.75) is 31.8 Å². The first-order valence-corrected chi connectivity index (χ1v) is 10.7. The number of carbonyl (C=O) groups excluding carboxylic acids is 1. The maximum Gasteiger partial charge on any atom is 0.257 e. The van der Waals surface area contributed by atoms with Gasteiger partial charge in [-0.05, 0) is 43.4 Å². The summed E-state index contributed by atoms with van der Waals surface area (Å²) in [7, 11) is -3.14. The summed E-state index contributed by atoms with van der Waals surface area (Å²) in [5, 5.41) is 10.1. The molecule has 2 saturated heterocycles. The van der Waals surface area contributed by atoms with Crippen molar-refractivity contribution in [3.8, 4) is 5.75 Å². The van der Waals surface area contributed by atoms with Crippen LogP contribution in [0.4, 0.5) is 0 Å². The van der Waals surface area contributed by atoms with Crippen LogP contribution in [-0.2, 0) is 9.84 Å². The zero-order valence-electron chi connectivity index (χ0n) is 14.4. The minimum absolute atomic E-state index is 0.0250. The number of hydrogen-bond acceptors (Lipinski definition) is 5. The van der Waals surface area contributed by atoms with Crippen molar-refractivity contribution >= 4 is 15.7 Å². The Morgan fingerprint density at radius 2 is 1.92 bits per heavy atom. The van der Waals surface area contributed by atoms with Crippen molar-refractivity contribution in [1.29, 1.82) is 0 Å². The molecule has 1 saturated carbocycles. The molecule has 6 nitrogen and oxygen atoms in total. The standard InChI is InChI=1S/C18H24N2O4S/c1-12-2-5-14(17(21)8-12)18(22)20-7-6-19(9-13-3-4-13)15-10-25(23,24)11-16(15)20/h2,5,8,13,15-16,21H,3-4,6-7,9-11H2,1H3. The van der Waals surface area contributed by atoms with Gasteiger partial charge in [0.1, 0.15) is 5.75 Å². The molecule has 0 bridgehead atoms.